The van der Waals surface area contributed by atoms with E-state index in [1.807, 2.05) is 6.92 Å². The van der Waals surface area contributed by atoms with E-state index in [1.165, 1.54) is 18.2 Å². The van der Waals surface area contributed by atoms with E-state index in [9.17, 15) is 19.5 Å². The summed E-state index contributed by atoms with van der Waals surface area (Å²) in [5.41, 5.74) is 0.592. The predicted octanol–water partition coefficient (Wildman–Crippen LogP) is 3.48. The Balaban J connectivity index is 1.73. The Hall–Kier alpha value is -1.99. The van der Waals surface area contributed by atoms with Gasteiger partial charge in [0.25, 0.3) is 11.1 Å². The monoisotopic (exact) mass is 394 g/mol. The lowest BCUT2D eigenvalue weighted by atomic mass is 10.0. The van der Waals surface area contributed by atoms with Crippen molar-refractivity contribution in [3.05, 3.63) is 33.7 Å². The molecule has 26 heavy (non-hydrogen) atoms. The van der Waals surface area contributed by atoms with Crippen LogP contribution in [0.4, 0.5) is 4.79 Å². The molecule has 2 aliphatic rings. The Labute approximate surface area is 160 Å². The molecule has 3 amide bonds. The average Bonchev–Trinajstić information content (AvgIpc) is 2.86. The molecule has 0 aromatic heterocycles. The molecule has 138 valence electrons. The van der Waals surface area contributed by atoms with Gasteiger partial charge in [-0.25, -0.2) is 0 Å². The molecule has 1 atom stereocenters. The lowest BCUT2D eigenvalue weighted by molar-refractivity contribution is -0.138. The van der Waals surface area contributed by atoms with Crippen LogP contribution in [0, 0.1) is 0 Å². The van der Waals surface area contributed by atoms with Gasteiger partial charge in [-0.3, -0.25) is 19.3 Å². The highest BCUT2D eigenvalue weighted by Gasteiger charge is 2.37. The zero-order valence-corrected chi connectivity index (χ0v) is 15.8. The summed E-state index contributed by atoms with van der Waals surface area (Å²) in [7, 11) is 0. The van der Waals surface area contributed by atoms with Crippen molar-refractivity contribution < 1.29 is 19.5 Å². The average molecular weight is 395 g/mol. The highest BCUT2D eigenvalue weighted by atomic mass is 35.5. The zero-order chi connectivity index (χ0) is 18.8. The van der Waals surface area contributed by atoms with Crippen molar-refractivity contribution in [3.8, 4) is 5.75 Å². The van der Waals surface area contributed by atoms with Crippen LogP contribution in [0.15, 0.2) is 23.1 Å². The number of rotatable bonds is 3. The number of likely N-dealkylation sites (tertiary alicyclic amines) is 1. The van der Waals surface area contributed by atoms with Gasteiger partial charge in [0.1, 0.15) is 12.3 Å². The van der Waals surface area contributed by atoms with E-state index >= 15 is 0 Å². The number of benzene rings is 1. The van der Waals surface area contributed by atoms with Crippen LogP contribution in [0.5, 0.6) is 5.75 Å². The molecular weight excluding hydrogens is 376 g/mol. The maximum atomic E-state index is 12.5. The minimum atomic E-state index is -0.484. The van der Waals surface area contributed by atoms with E-state index in [-0.39, 0.29) is 34.2 Å². The van der Waals surface area contributed by atoms with Gasteiger partial charge in [0.05, 0.1) is 9.93 Å². The van der Waals surface area contributed by atoms with Crippen molar-refractivity contribution in [1.29, 1.82) is 0 Å². The number of aromatic hydroxyl groups is 1. The first kappa shape index (κ1) is 18.8. The maximum absolute atomic E-state index is 12.5. The molecule has 1 aromatic carbocycles. The molecule has 0 bridgehead atoms. The second-order valence-corrected chi connectivity index (χ2v) is 7.81. The van der Waals surface area contributed by atoms with Gasteiger partial charge in [-0.1, -0.05) is 17.7 Å². The molecule has 2 heterocycles. The molecule has 2 aliphatic heterocycles. The van der Waals surface area contributed by atoms with Gasteiger partial charge in [0.2, 0.25) is 5.91 Å². The smallest absolute Gasteiger partial charge is 0.294 e. The van der Waals surface area contributed by atoms with Crippen LogP contribution >= 0.6 is 23.4 Å². The van der Waals surface area contributed by atoms with Gasteiger partial charge in [-0.2, -0.15) is 0 Å². The Bertz CT molecular complexity index is 795. The number of hydrogen-bond donors (Lipinski definition) is 1. The Morgan fingerprint density at radius 2 is 2.15 bits per heavy atom. The van der Waals surface area contributed by atoms with Crippen molar-refractivity contribution >= 4 is 46.5 Å². The molecule has 2 fully saturated rings. The predicted molar refractivity (Wildman–Crippen MR) is 101 cm³/mol. The highest BCUT2D eigenvalue weighted by molar-refractivity contribution is 8.18. The fourth-order valence-corrected chi connectivity index (χ4v) is 4.12. The molecule has 0 spiro atoms. The molecule has 0 unspecified atom stereocenters. The van der Waals surface area contributed by atoms with Crippen LogP contribution in [0.3, 0.4) is 0 Å². The normalized spacial score (nSPS) is 22.4. The molecular formula is C18H19ClN2O4S. The molecule has 0 radical (unpaired) electrons. The van der Waals surface area contributed by atoms with E-state index < -0.39 is 11.1 Å². The lowest BCUT2D eigenvalue weighted by Crippen LogP contribution is -2.47. The Morgan fingerprint density at radius 3 is 2.85 bits per heavy atom. The highest BCUT2D eigenvalue weighted by Crippen LogP contribution is 2.33. The first-order valence-electron chi connectivity index (χ1n) is 8.40. The molecule has 0 saturated carbocycles. The lowest BCUT2D eigenvalue weighted by Gasteiger charge is -2.34. The van der Waals surface area contributed by atoms with Crippen LogP contribution in [0.2, 0.25) is 5.02 Å². The summed E-state index contributed by atoms with van der Waals surface area (Å²) in [6, 6.07) is 4.65. The summed E-state index contributed by atoms with van der Waals surface area (Å²) < 4.78 is 0. The van der Waals surface area contributed by atoms with Crippen LogP contribution in [-0.4, -0.2) is 51.1 Å². The number of phenolic OH excluding ortho intramolecular Hbond substituents is 1. The van der Waals surface area contributed by atoms with Gasteiger partial charge in [0.15, 0.2) is 0 Å². The third-order valence-corrected chi connectivity index (χ3v) is 5.77. The van der Waals surface area contributed by atoms with E-state index in [0.717, 1.165) is 35.9 Å². The van der Waals surface area contributed by atoms with Crippen LogP contribution < -0.4 is 0 Å². The summed E-state index contributed by atoms with van der Waals surface area (Å²) in [6.45, 7) is 2.42. The third kappa shape index (κ3) is 3.88. The number of thioether (sulfide) groups is 1. The number of phenols is 1. The van der Waals surface area contributed by atoms with Gasteiger partial charge in [-0.05, 0) is 61.7 Å². The summed E-state index contributed by atoms with van der Waals surface area (Å²) in [5, 5.41) is 9.16. The number of carbonyl (C=O) groups excluding carboxylic acids is 3. The first-order chi connectivity index (χ1) is 12.4. The fraction of sp³-hybridized carbons (Fsp3) is 0.389. The van der Waals surface area contributed by atoms with Crippen molar-refractivity contribution in [3.63, 3.8) is 0 Å². The van der Waals surface area contributed by atoms with Gasteiger partial charge in [-0.15, -0.1) is 0 Å². The molecule has 6 nitrogen and oxygen atoms in total. The van der Waals surface area contributed by atoms with Crippen molar-refractivity contribution in [2.45, 2.75) is 32.2 Å². The van der Waals surface area contributed by atoms with Gasteiger partial charge in [0, 0.05) is 12.6 Å². The molecule has 0 aliphatic carbocycles. The Morgan fingerprint density at radius 1 is 1.38 bits per heavy atom. The quantitative estimate of drug-likeness (QED) is 0.794. The minimum Gasteiger partial charge on any atom is -0.506 e. The molecule has 8 heteroatoms. The zero-order valence-electron chi connectivity index (χ0n) is 14.3. The first-order valence-corrected chi connectivity index (χ1v) is 9.59. The molecule has 2 saturated heterocycles. The van der Waals surface area contributed by atoms with E-state index in [2.05, 4.69) is 0 Å². The van der Waals surface area contributed by atoms with Gasteiger partial charge >= 0.3 is 0 Å². The minimum absolute atomic E-state index is 0.0573. The van der Waals surface area contributed by atoms with E-state index in [4.69, 9.17) is 11.6 Å². The van der Waals surface area contributed by atoms with E-state index in [1.54, 1.807) is 11.0 Å². The van der Waals surface area contributed by atoms with Gasteiger partial charge < -0.3 is 10.0 Å². The number of piperidine rings is 1. The number of carbonyl (C=O) groups is 3. The second-order valence-electron chi connectivity index (χ2n) is 6.41. The third-order valence-electron chi connectivity index (χ3n) is 4.56. The van der Waals surface area contributed by atoms with Crippen LogP contribution in [0.1, 0.15) is 31.7 Å². The van der Waals surface area contributed by atoms with E-state index in [0.29, 0.717) is 12.1 Å². The number of halogens is 1. The Kier molecular flexibility index (Phi) is 5.58. The topological polar surface area (TPSA) is 77.9 Å². The SMILES string of the molecule is C[C@@H]1CCCCN1C(=O)CN1C(=O)S/C(=C\c2ccc(O)c(Cl)c2)C1=O. The summed E-state index contributed by atoms with van der Waals surface area (Å²) >= 11 is 6.66. The number of hydrogen-bond acceptors (Lipinski definition) is 5. The molecule has 3 rings (SSSR count). The molecule has 1 N–H and O–H groups in total. The van der Waals surface area contributed by atoms with Crippen LogP contribution in [0.25, 0.3) is 6.08 Å². The summed E-state index contributed by atoms with van der Waals surface area (Å²) in [5.74, 6) is -0.742. The number of amides is 3. The largest absolute Gasteiger partial charge is 0.506 e. The number of nitrogens with zero attached hydrogens (tertiary/aromatic N) is 2. The number of imide groups is 1. The summed E-state index contributed by atoms with van der Waals surface area (Å²) in [6.07, 6.45) is 4.50. The van der Waals surface area contributed by atoms with Crippen molar-refractivity contribution in [2.75, 3.05) is 13.1 Å². The van der Waals surface area contributed by atoms with Crippen molar-refractivity contribution in [2.24, 2.45) is 0 Å². The second kappa shape index (κ2) is 7.72. The standard InChI is InChI=1S/C18H19ClN2O4S/c1-11-4-2-3-7-20(11)16(23)10-21-17(24)15(26-18(21)25)9-12-5-6-14(22)13(19)8-12/h5-6,8-9,11,22H,2-4,7,10H2,1H3/b15-9-/t11-/m1/s1. The summed E-state index contributed by atoms with van der Waals surface area (Å²) in [4.78, 5) is 40.2. The van der Waals surface area contributed by atoms with Crippen LogP contribution in [-0.2, 0) is 9.59 Å². The maximum Gasteiger partial charge on any atom is 0.294 e. The fourth-order valence-electron chi connectivity index (χ4n) is 3.10. The van der Waals surface area contributed by atoms with Crippen molar-refractivity contribution in [1.82, 2.24) is 9.80 Å². The molecule has 1 aromatic rings.